The molecule has 1 aliphatic rings. The van der Waals surface area contributed by atoms with E-state index in [1.54, 1.807) is 0 Å². The van der Waals surface area contributed by atoms with Gasteiger partial charge < -0.3 is 10.6 Å². The molecule has 0 fully saturated rings. The van der Waals surface area contributed by atoms with E-state index in [9.17, 15) is 0 Å². The summed E-state index contributed by atoms with van der Waals surface area (Å²) in [7, 11) is 0. The van der Waals surface area contributed by atoms with E-state index in [0.29, 0.717) is 22.9 Å². The van der Waals surface area contributed by atoms with Crippen molar-refractivity contribution in [2.75, 3.05) is 10.6 Å². The number of benzene rings is 2. The number of anilines is 2. The van der Waals surface area contributed by atoms with Gasteiger partial charge >= 0.3 is 0 Å². The van der Waals surface area contributed by atoms with E-state index in [0.717, 1.165) is 11.1 Å². The molecule has 7 nitrogen and oxygen atoms in total. The van der Waals surface area contributed by atoms with Crippen molar-refractivity contribution in [3.8, 4) is 0 Å². The van der Waals surface area contributed by atoms with Crippen molar-refractivity contribution < 1.29 is 4.63 Å². The Morgan fingerprint density at radius 1 is 0.640 bits per heavy atom. The average Bonchev–Trinajstić information content (AvgIpc) is 3.14. The maximum Gasteiger partial charge on any atom is 0.245 e. The molecule has 2 atom stereocenters. The minimum absolute atomic E-state index is 0.00251. The third-order valence-electron chi connectivity index (χ3n) is 4.35. The van der Waals surface area contributed by atoms with Crippen LogP contribution in [0.15, 0.2) is 65.3 Å². The van der Waals surface area contributed by atoms with Crippen LogP contribution in [0.3, 0.4) is 0 Å². The number of rotatable bonds is 2. The Balaban J connectivity index is 1.64. The highest BCUT2D eigenvalue weighted by atomic mass is 16.6. The molecule has 1 aliphatic heterocycles. The minimum atomic E-state index is 0.00251. The fourth-order valence-corrected chi connectivity index (χ4v) is 3.17. The zero-order valence-corrected chi connectivity index (χ0v) is 13.1. The molecule has 2 aromatic heterocycles. The summed E-state index contributed by atoms with van der Waals surface area (Å²) in [5, 5.41) is 14.5. The van der Waals surface area contributed by atoms with Crippen molar-refractivity contribution in [1.29, 1.82) is 0 Å². The van der Waals surface area contributed by atoms with E-state index >= 15 is 0 Å². The first-order valence-corrected chi connectivity index (χ1v) is 8.02. The van der Waals surface area contributed by atoms with Gasteiger partial charge in [0, 0.05) is 0 Å². The first-order chi connectivity index (χ1) is 12.4. The minimum Gasteiger partial charge on any atom is -0.358 e. The first kappa shape index (κ1) is 13.9. The van der Waals surface area contributed by atoms with Crippen LogP contribution in [0.1, 0.15) is 23.2 Å². The predicted molar refractivity (Wildman–Crippen MR) is 93.0 cm³/mol. The monoisotopic (exact) mass is 330 g/mol. The van der Waals surface area contributed by atoms with Gasteiger partial charge in [0.15, 0.2) is 11.6 Å². The van der Waals surface area contributed by atoms with Crippen LogP contribution < -0.4 is 10.6 Å². The number of aromatic nitrogens is 4. The Morgan fingerprint density at radius 2 is 1.08 bits per heavy atom. The molecule has 122 valence electrons. The van der Waals surface area contributed by atoms with Crippen molar-refractivity contribution >= 4 is 22.9 Å². The van der Waals surface area contributed by atoms with Crippen molar-refractivity contribution in [2.24, 2.45) is 0 Å². The second-order valence-corrected chi connectivity index (χ2v) is 5.90. The van der Waals surface area contributed by atoms with E-state index < -0.39 is 0 Å². The molecule has 0 saturated carbocycles. The lowest BCUT2D eigenvalue weighted by Gasteiger charge is -2.35. The van der Waals surface area contributed by atoms with Crippen LogP contribution in [0.5, 0.6) is 0 Å². The topological polar surface area (TPSA) is 88.8 Å². The molecule has 0 saturated heterocycles. The Kier molecular flexibility index (Phi) is 3.09. The average molecular weight is 330 g/mol. The van der Waals surface area contributed by atoms with E-state index in [4.69, 9.17) is 4.63 Å². The normalized spacial score (nSPS) is 19.0. The zero-order valence-electron chi connectivity index (χ0n) is 13.1. The van der Waals surface area contributed by atoms with Gasteiger partial charge in [0.1, 0.15) is 0 Å². The number of hydrogen-bond acceptors (Lipinski definition) is 7. The molecular weight excluding hydrogens is 316 g/mol. The highest BCUT2D eigenvalue weighted by molar-refractivity contribution is 5.75. The fraction of sp³-hybridized carbons (Fsp3) is 0.111. The van der Waals surface area contributed by atoms with Crippen molar-refractivity contribution in [3.05, 3.63) is 71.8 Å². The molecule has 2 aromatic carbocycles. The molecule has 0 bridgehead atoms. The maximum absolute atomic E-state index is 4.73. The van der Waals surface area contributed by atoms with Crippen LogP contribution in [0, 0.1) is 0 Å². The van der Waals surface area contributed by atoms with E-state index in [2.05, 4.69) is 55.2 Å². The van der Waals surface area contributed by atoms with Gasteiger partial charge in [-0.25, -0.2) is 14.6 Å². The number of hydrogen-bond donors (Lipinski definition) is 2. The van der Waals surface area contributed by atoms with Crippen LogP contribution in [0.2, 0.25) is 0 Å². The van der Waals surface area contributed by atoms with Crippen molar-refractivity contribution in [2.45, 2.75) is 12.1 Å². The maximum atomic E-state index is 4.73. The summed E-state index contributed by atoms with van der Waals surface area (Å²) in [4.78, 5) is 8.95. The zero-order chi connectivity index (χ0) is 16.6. The van der Waals surface area contributed by atoms with Crippen LogP contribution >= 0.6 is 0 Å². The van der Waals surface area contributed by atoms with Crippen molar-refractivity contribution in [3.63, 3.8) is 0 Å². The summed E-state index contributed by atoms with van der Waals surface area (Å²) in [5.74, 6) is 1.29. The molecule has 5 rings (SSSR count). The Morgan fingerprint density at radius 3 is 1.52 bits per heavy atom. The van der Waals surface area contributed by atoms with Gasteiger partial charge in [0.25, 0.3) is 0 Å². The highest BCUT2D eigenvalue weighted by Crippen LogP contribution is 2.40. The molecule has 7 heteroatoms. The fourth-order valence-electron chi connectivity index (χ4n) is 3.17. The molecule has 0 aliphatic carbocycles. The molecular formula is C18H14N6O. The summed E-state index contributed by atoms with van der Waals surface area (Å²) >= 11 is 0. The molecule has 0 amide bonds. The van der Waals surface area contributed by atoms with Crippen molar-refractivity contribution in [1.82, 2.24) is 20.3 Å². The van der Waals surface area contributed by atoms with Gasteiger partial charge in [-0.2, -0.15) is 0 Å². The van der Waals surface area contributed by atoms with Gasteiger partial charge in [0.05, 0.1) is 12.1 Å². The molecule has 0 radical (unpaired) electrons. The smallest absolute Gasteiger partial charge is 0.245 e. The van der Waals surface area contributed by atoms with Crippen LogP contribution in [-0.2, 0) is 0 Å². The summed E-state index contributed by atoms with van der Waals surface area (Å²) in [6.07, 6.45) is 0. The third-order valence-corrected chi connectivity index (χ3v) is 4.35. The van der Waals surface area contributed by atoms with Crippen LogP contribution in [-0.4, -0.2) is 20.3 Å². The first-order valence-electron chi connectivity index (χ1n) is 8.02. The summed E-state index contributed by atoms with van der Waals surface area (Å²) in [5.41, 5.74) is 3.10. The summed E-state index contributed by atoms with van der Waals surface area (Å²) < 4.78 is 4.73. The van der Waals surface area contributed by atoms with Crippen LogP contribution in [0.25, 0.3) is 11.3 Å². The van der Waals surface area contributed by atoms with E-state index in [1.165, 1.54) is 0 Å². The standard InChI is InChI=1S/C18H14N6O/c1-3-7-11(8-4-1)13-14(12-9-5-2-6-10-12)20-16-15(19-13)21-17-18(22-16)24-25-23-17/h1-10,13-14H,(H,19,21,23)(H,20,22,24)/t13-,14-/m1/s1. The molecule has 3 heterocycles. The second-order valence-electron chi connectivity index (χ2n) is 5.90. The molecule has 25 heavy (non-hydrogen) atoms. The largest absolute Gasteiger partial charge is 0.358 e. The van der Waals surface area contributed by atoms with E-state index in [1.807, 2.05) is 36.4 Å². The molecule has 0 spiro atoms. The lowest BCUT2D eigenvalue weighted by Crippen LogP contribution is -2.31. The van der Waals surface area contributed by atoms with Gasteiger partial charge in [-0.1, -0.05) is 60.7 Å². The molecule has 4 aromatic rings. The van der Waals surface area contributed by atoms with E-state index in [-0.39, 0.29) is 12.1 Å². The number of fused-ring (bicyclic) bond motifs is 2. The van der Waals surface area contributed by atoms with Gasteiger partial charge in [0.2, 0.25) is 11.3 Å². The lowest BCUT2D eigenvalue weighted by molar-refractivity contribution is 0.314. The van der Waals surface area contributed by atoms with Gasteiger partial charge in [-0.15, -0.1) is 0 Å². The number of nitrogens with one attached hydrogen (secondary N) is 2. The molecule has 0 unspecified atom stereocenters. The Bertz CT molecular complexity index is 936. The third kappa shape index (κ3) is 2.37. The Labute approximate surface area is 143 Å². The predicted octanol–water partition coefficient (Wildman–Crippen LogP) is 3.33. The quantitative estimate of drug-likeness (QED) is 0.582. The van der Waals surface area contributed by atoms with Gasteiger partial charge in [-0.3, -0.25) is 0 Å². The Hall–Kier alpha value is -3.48. The number of nitrogens with zero attached hydrogens (tertiary/aromatic N) is 4. The highest BCUT2D eigenvalue weighted by Gasteiger charge is 2.32. The summed E-state index contributed by atoms with van der Waals surface area (Å²) in [6, 6.07) is 20.6. The summed E-state index contributed by atoms with van der Waals surface area (Å²) in [6.45, 7) is 0. The van der Waals surface area contributed by atoms with Crippen LogP contribution in [0.4, 0.5) is 11.6 Å². The second kappa shape index (κ2) is 5.55. The lowest BCUT2D eigenvalue weighted by atomic mass is 9.92. The van der Waals surface area contributed by atoms with Gasteiger partial charge in [-0.05, 0) is 21.4 Å². The molecule has 2 N–H and O–H groups in total. The SMILES string of the molecule is c1ccc([C@H]2Nc3nc4nonc4nc3N[C@@H]2c2ccccc2)cc1.